The molecule has 3 aromatic rings. The molecule has 0 atom stereocenters. The van der Waals surface area contributed by atoms with Crippen molar-refractivity contribution in [2.75, 3.05) is 11.9 Å². The van der Waals surface area contributed by atoms with Crippen LogP contribution in [0.2, 0.25) is 0 Å². The largest absolute Gasteiger partial charge is 0.364 e. The maximum absolute atomic E-state index is 12.9. The van der Waals surface area contributed by atoms with Gasteiger partial charge in [0.25, 0.3) is 5.91 Å². The number of rotatable bonds is 8. The van der Waals surface area contributed by atoms with Crippen LogP contribution in [-0.4, -0.2) is 33.6 Å². The number of nitrogens with one attached hydrogen (secondary N) is 2. The summed E-state index contributed by atoms with van der Waals surface area (Å²) in [6.07, 6.45) is 3.32. The first-order valence-electron chi connectivity index (χ1n) is 8.23. The van der Waals surface area contributed by atoms with Crippen molar-refractivity contribution in [3.63, 3.8) is 0 Å². The number of amides is 2. The van der Waals surface area contributed by atoms with Crippen molar-refractivity contribution < 1.29 is 18.7 Å². The van der Waals surface area contributed by atoms with Crippen LogP contribution in [0.1, 0.15) is 20.4 Å². The Morgan fingerprint density at radius 2 is 1.96 bits per heavy atom. The summed E-state index contributed by atoms with van der Waals surface area (Å²) < 4.78 is 18.2. The Morgan fingerprint density at radius 3 is 2.71 bits per heavy atom. The normalized spacial score (nSPS) is 10.5. The first-order valence-corrected chi connectivity index (χ1v) is 9.04. The highest BCUT2D eigenvalue weighted by atomic mass is 32.1. The van der Waals surface area contributed by atoms with Crippen molar-refractivity contribution >= 4 is 28.8 Å². The highest BCUT2D eigenvalue weighted by Crippen LogP contribution is 2.14. The van der Waals surface area contributed by atoms with Gasteiger partial charge in [0, 0.05) is 24.6 Å². The second kappa shape index (κ2) is 9.62. The Morgan fingerprint density at radius 1 is 1.14 bits per heavy atom. The lowest BCUT2D eigenvalue weighted by Gasteiger charge is -2.05. The molecule has 0 saturated carbocycles. The summed E-state index contributed by atoms with van der Waals surface area (Å²) in [6.45, 7) is 0.279. The van der Waals surface area contributed by atoms with Gasteiger partial charge >= 0.3 is 0 Å². The van der Waals surface area contributed by atoms with E-state index in [0.717, 1.165) is 16.9 Å². The lowest BCUT2D eigenvalue weighted by atomic mass is 10.3. The number of carbonyl (C=O) groups excluding carboxylic acids is 2. The van der Waals surface area contributed by atoms with Crippen LogP contribution in [-0.2, 0) is 22.7 Å². The van der Waals surface area contributed by atoms with E-state index >= 15 is 0 Å². The third kappa shape index (κ3) is 5.89. The number of aromatic nitrogens is 3. The maximum atomic E-state index is 12.9. The van der Waals surface area contributed by atoms with Crippen LogP contribution in [0.15, 0.2) is 48.8 Å². The van der Waals surface area contributed by atoms with E-state index in [1.54, 1.807) is 18.5 Å². The quantitative estimate of drug-likeness (QED) is 0.599. The van der Waals surface area contributed by atoms with Crippen molar-refractivity contribution in [2.45, 2.75) is 13.2 Å². The molecular weight excluding hydrogens is 385 g/mol. The number of pyridine rings is 1. The van der Waals surface area contributed by atoms with Crippen molar-refractivity contribution in [1.29, 1.82) is 0 Å². The maximum Gasteiger partial charge on any atom is 0.286 e. The molecule has 0 aliphatic heterocycles. The molecule has 2 heterocycles. The molecule has 8 nitrogen and oxygen atoms in total. The van der Waals surface area contributed by atoms with Crippen molar-refractivity contribution in [1.82, 2.24) is 20.5 Å². The Bertz CT molecular complexity index is 934. The lowest BCUT2D eigenvalue weighted by Crippen LogP contribution is -2.27. The molecule has 0 bridgehead atoms. The van der Waals surface area contributed by atoms with Gasteiger partial charge in [-0.2, -0.15) is 0 Å². The van der Waals surface area contributed by atoms with Crippen molar-refractivity contribution in [3.05, 3.63) is 70.2 Å². The van der Waals surface area contributed by atoms with Crippen LogP contribution in [0, 0.1) is 5.82 Å². The SMILES string of the molecule is O=C(COCc1nnc(C(=O)Nc2ccc(F)cc2)s1)NCc1cccnc1. The molecule has 0 spiro atoms. The van der Waals surface area contributed by atoms with Gasteiger partial charge in [-0.05, 0) is 35.9 Å². The van der Waals surface area contributed by atoms with E-state index in [-0.39, 0.29) is 24.1 Å². The monoisotopic (exact) mass is 401 g/mol. The van der Waals surface area contributed by atoms with E-state index in [2.05, 4.69) is 25.8 Å². The number of halogens is 1. The fraction of sp³-hybridized carbons (Fsp3) is 0.167. The molecule has 1 aromatic carbocycles. The van der Waals surface area contributed by atoms with Crippen LogP contribution >= 0.6 is 11.3 Å². The van der Waals surface area contributed by atoms with Crippen LogP contribution < -0.4 is 10.6 Å². The predicted molar refractivity (Wildman–Crippen MR) is 100 cm³/mol. The van der Waals surface area contributed by atoms with E-state index in [1.807, 2.05) is 6.07 Å². The molecule has 0 unspecified atom stereocenters. The molecule has 3 rings (SSSR count). The summed E-state index contributed by atoms with van der Waals surface area (Å²) in [5.41, 5.74) is 1.33. The molecule has 0 radical (unpaired) electrons. The third-order valence-electron chi connectivity index (χ3n) is 3.43. The molecule has 2 amide bonds. The van der Waals surface area contributed by atoms with Gasteiger partial charge in [0.2, 0.25) is 10.9 Å². The Kier molecular flexibility index (Phi) is 6.71. The van der Waals surface area contributed by atoms with Gasteiger partial charge in [-0.3, -0.25) is 14.6 Å². The minimum Gasteiger partial charge on any atom is -0.364 e. The molecule has 0 aliphatic rings. The summed E-state index contributed by atoms with van der Waals surface area (Å²) in [7, 11) is 0. The van der Waals surface area contributed by atoms with E-state index in [0.29, 0.717) is 17.2 Å². The summed E-state index contributed by atoms with van der Waals surface area (Å²) >= 11 is 1.05. The molecule has 0 fully saturated rings. The van der Waals surface area contributed by atoms with Crippen molar-refractivity contribution in [3.8, 4) is 0 Å². The molecule has 0 saturated heterocycles. The van der Waals surface area contributed by atoms with Crippen molar-refractivity contribution in [2.24, 2.45) is 0 Å². The molecule has 2 aromatic heterocycles. The molecule has 0 aliphatic carbocycles. The molecule has 10 heteroatoms. The summed E-state index contributed by atoms with van der Waals surface area (Å²) in [6, 6.07) is 9.03. The number of anilines is 1. The zero-order valence-corrected chi connectivity index (χ0v) is 15.4. The Hall–Kier alpha value is -3.24. The average Bonchev–Trinajstić information content (AvgIpc) is 3.18. The second-order valence-corrected chi connectivity index (χ2v) is 6.65. The fourth-order valence-electron chi connectivity index (χ4n) is 2.11. The summed E-state index contributed by atoms with van der Waals surface area (Å²) in [4.78, 5) is 27.8. The van der Waals surface area contributed by atoms with Crippen LogP contribution in [0.25, 0.3) is 0 Å². The minimum absolute atomic E-state index is 0.0573. The molecule has 144 valence electrons. The lowest BCUT2D eigenvalue weighted by molar-refractivity contribution is -0.126. The van der Waals surface area contributed by atoms with E-state index in [4.69, 9.17) is 4.74 Å². The summed E-state index contributed by atoms with van der Waals surface area (Å²) in [5.74, 6) is -1.12. The van der Waals surface area contributed by atoms with Crippen LogP contribution in [0.3, 0.4) is 0 Å². The number of benzene rings is 1. The first-order chi connectivity index (χ1) is 13.6. The summed E-state index contributed by atoms with van der Waals surface area (Å²) in [5, 5.41) is 13.6. The van der Waals surface area contributed by atoms with Crippen LogP contribution in [0.4, 0.5) is 10.1 Å². The smallest absolute Gasteiger partial charge is 0.286 e. The number of hydrogen-bond acceptors (Lipinski definition) is 7. The van der Waals surface area contributed by atoms with Gasteiger partial charge < -0.3 is 15.4 Å². The second-order valence-electron chi connectivity index (χ2n) is 5.59. The Labute approximate surface area is 163 Å². The predicted octanol–water partition coefficient (Wildman–Crippen LogP) is 2.16. The van der Waals surface area contributed by atoms with Crippen LogP contribution in [0.5, 0.6) is 0 Å². The van der Waals surface area contributed by atoms with E-state index < -0.39 is 11.7 Å². The standard InChI is InChI=1S/C18H16FN5O3S/c19-13-3-5-14(6-4-13)22-17(26)18-24-23-16(28-18)11-27-10-15(25)21-9-12-2-1-7-20-8-12/h1-8H,9-11H2,(H,21,25)(H,22,26). The van der Waals surface area contributed by atoms with E-state index in [1.165, 1.54) is 24.3 Å². The molecular formula is C18H16FN5O3S. The highest BCUT2D eigenvalue weighted by Gasteiger charge is 2.13. The number of nitrogens with zero attached hydrogens (tertiary/aromatic N) is 3. The number of ether oxygens (including phenoxy) is 1. The zero-order chi connectivity index (χ0) is 19.8. The number of carbonyl (C=O) groups is 2. The van der Waals surface area contributed by atoms with Gasteiger partial charge in [0.15, 0.2) is 0 Å². The fourth-order valence-corrected chi connectivity index (χ4v) is 2.78. The molecule has 28 heavy (non-hydrogen) atoms. The zero-order valence-electron chi connectivity index (χ0n) is 14.6. The van der Waals surface area contributed by atoms with Gasteiger partial charge in [-0.25, -0.2) is 4.39 Å². The molecule has 2 N–H and O–H groups in total. The van der Waals surface area contributed by atoms with Gasteiger partial charge in [-0.1, -0.05) is 17.4 Å². The van der Waals surface area contributed by atoms with Gasteiger partial charge in [0.1, 0.15) is 24.0 Å². The van der Waals surface area contributed by atoms with Gasteiger partial charge in [0.05, 0.1) is 0 Å². The highest BCUT2D eigenvalue weighted by molar-refractivity contribution is 7.13. The van der Waals surface area contributed by atoms with Gasteiger partial charge in [-0.15, -0.1) is 10.2 Å². The van der Waals surface area contributed by atoms with E-state index in [9.17, 15) is 14.0 Å². The minimum atomic E-state index is -0.454. The Balaban J connectivity index is 1.41. The average molecular weight is 401 g/mol. The third-order valence-corrected chi connectivity index (χ3v) is 4.33. The first kappa shape index (κ1) is 19.5. The number of hydrogen-bond donors (Lipinski definition) is 2. The topological polar surface area (TPSA) is 106 Å².